The second-order valence-corrected chi connectivity index (χ2v) is 5.83. The molecule has 0 heterocycles. The summed E-state index contributed by atoms with van der Waals surface area (Å²) in [6.45, 7) is 4.80. The van der Waals surface area contributed by atoms with E-state index in [1.807, 2.05) is 6.08 Å². The molecular weight excluding hydrogens is 284 g/mol. The molecule has 0 aromatic rings. The number of hydrogen-bond donors (Lipinski definition) is 3. The van der Waals surface area contributed by atoms with Crippen LogP contribution < -0.4 is 0 Å². The van der Waals surface area contributed by atoms with Crippen molar-refractivity contribution < 1.29 is 24.9 Å². The van der Waals surface area contributed by atoms with Gasteiger partial charge in [0.1, 0.15) is 0 Å². The molecule has 0 spiro atoms. The predicted octanol–water partition coefficient (Wildman–Crippen LogP) is 3.39. The van der Waals surface area contributed by atoms with Crippen LogP contribution in [-0.2, 0) is 9.59 Å². The molecule has 3 N–H and O–H groups in total. The van der Waals surface area contributed by atoms with Crippen molar-refractivity contribution >= 4 is 11.9 Å². The maximum absolute atomic E-state index is 10.5. The van der Waals surface area contributed by atoms with Crippen LogP contribution in [0.25, 0.3) is 0 Å². The molecule has 1 unspecified atom stereocenters. The molecule has 0 aliphatic heterocycles. The molecule has 1 saturated carbocycles. The summed E-state index contributed by atoms with van der Waals surface area (Å²) in [6.07, 6.45) is 9.54. The van der Waals surface area contributed by atoms with E-state index in [2.05, 4.69) is 0 Å². The van der Waals surface area contributed by atoms with E-state index in [0.29, 0.717) is 17.9 Å². The van der Waals surface area contributed by atoms with Crippen LogP contribution in [0.1, 0.15) is 59.3 Å². The van der Waals surface area contributed by atoms with Crippen molar-refractivity contribution in [1.29, 1.82) is 0 Å². The molecule has 0 radical (unpaired) electrons. The highest BCUT2D eigenvalue weighted by Crippen LogP contribution is 2.25. The van der Waals surface area contributed by atoms with Gasteiger partial charge in [0.05, 0.1) is 6.10 Å². The number of carboxylic acid groups (broad SMARTS) is 2. The minimum Gasteiger partial charge on any atom is -0.478 e. The monoisotopic (exact) mass is 312 g/mol. The third kappa shape index (κ3) is 10.2. The summed E-state index contributed by atoms with van der Waals surface area (Å²) < 4.78 is 0. The highest BCUT2D eigenvalue weighted by Gasteiger charge is 2.12. The molecule has 5 heteroatoms. The first kappa shape index (κ1) is 20.4. The lowest BCUT2D eigenvalue weighted by molar-refractivity contribution is -0.133. The first-order valence-corrected chi connectivity index (χ1v) is 7.73. The Kier molecular flexibility index (Phi) is 10.2. The number of carboxylic acids is 2. The molecule has 0 aromatic carbocycles. The number of hydrogen-bond acceptors (Lipinski definition) is 3. The molecule has 0 aromatic heterocycles. The molecule has 1 fully saturated rings. The average molecular weight is 312 g/mol. The van der Waals surface area contributed by atoms with Gasteiger partial charge in [-0.05, 0) is 46.0 Å². The van der Waals surface area contributed by atoms with Gasteiger partial charge in [0.25, 0.3) is 0 Å². The van der Waals surface area contributed by atoms with Gasteiger partial charge in [0.2, 0.25) is 0 Å². The summed E-state index contributed by atoms with van der Waals surface area (Å²) in [5.41, 5.74) is 0.780. The van der Waals surface area contributed by atoms with Crippen molar-refractivity contribution in [3.05, 3.63) is 23.3 Å². The second-order valence-electron chi connectivity index (χ2n) is 5.83. The molecule has 1 aliphatic carbocycles. The zero-order valence-electron chi connectivity index (χ0n) is 13.7. The average Bonchev–Trinajstić information content (AvgIpc) is 2.46. The van der Waals surface area contributed by atoms with Crippen molar-refractivity contribution in [1.82, 2.24) is 0 Å². The number of allylic oxidation sites excluding steroid dienone is 1. The highest BCUT2D eigenvalue weighted by molar-refractivity contribution is 5.86. The first-order valence-electron chi connectivity index (χ1n) is 7.73. The van der Waals surface area contributed by atoms with E-state index in [9.17, 15) is 9.59 Å². The van der Waals surface area contributed by atoms with Crippen molar-refractivity contribution in [3.63, 3.8) is 0 Å². The molecule has 126 valence electrons. The third-order valence-corrected chi connectivity index (χ3v) is 3.58. The molecule has 0 bridgehead atoms. The molecule has 1 rings (SSSR count). The minimum absolute atomic E-state index is 0.279. The summed E-state index contributed by atoms with van der Waals surface area (Å²) in [5, 5.41) is 25.7. The highest BCUT2D eigenvalue weighted by atomic mass is 16.4. The summed E-state index contributed by atoms with van der Waals surface area (Å²) in [7, 11) is 0. The molecule has 0 amide bonds. The van der Waals surface area contributed by atoms with Crippen LogP contribution in [-0.4, -0.2) is 33.4 Å². The van der Waals surface area contributed by atoms with Crippen LogP contribution in [0.15, 0.2) is 23.3 Å². The Bertz CT molecular complexity index is 415. The number of aliphatic carboxylic acids is 2. The minimum atomic E-state index is -0.930. The quantitative estimate of drug-likeness (QED) is 0.676. The Morgan fingerprint density at radius 2 is 1.55 bits per heavy atom. The lowest BCUT2D eigenvalue weighted by Gasteiger charge is -2.18. The number of aliphatic hydroxyl groups is 1. The Morgan fingerprint density at radius 1 is 1.05 bits per heavy atom. The van der Waals surface area contributed by atoms with Crippen LogP contribution in [0.2, 0.25) is 0 Å². The third-order valence-electron chi connectivity index (χ3n) is 3.58. The van der Waals surface area contributed by atoms with Gasteiger partial charge in [-0.25, -0.2) is 9.59 Å². The van der Waals surface area contributed by atoms with E-state index in [1.54, 1.807) is 13.8 Å². The Balaban J connectivity index is 0.000000409. The van der Waals surface area contributed by atoms with Gasteiger partial charge in [-0.1, -0.05) is 31.4 Å². The zero-order chi connectivity index (χ0) is 17.1. The van der Waals surface area contributed by atoms with Crippen LogP contribution in [0.5, 0.6) is 0 Å². The standard InChI is InChI=1S/C10H16O2.C7H12O3/c1-8(10(11)12)7-9-5-3-2-4-6-9;1-5(7(9)10)3-4-6(2)8/h7,9H,2-6H2,1H3,(H,11,12);3,6,8H,4H2,1-2H3,(H,9,10). The predicted molar refractivity (Wildman–Crippen MR) is 85.7 cm³/mol. The van der Waals surface area contributed by atoms with Crippen LogP contribution in [0.4, 0.5) is 0 Å². The maximum Gasteiger partial charge on any atom is 0.330 e. The topological polar surface area (TPSA) is 94.8 Å². The fraction of sp³-hybridized carbons (Fsp3) is 0.647. The fourth-order valence-corrected chi connectivity index (χ4v) is 2.16. The first-order chi connectivity index (χ1) is 10.2. The largest absolute Gasteiger partial charge is 0.478 e. The summed E-state index contributed by atoms with van der Waals surface area (Å²) in [4.78, 5) is 20.7. The van der Waals surface area contributed by atoms with Gasteiger partial charge in [-0.2, -0.15) is 0 Å². The normalized spacial score (nSPS) is 18.2. The van der Waals surface area contributed by atoms with E-state index in [-0.39, 0.29) is 5.57 Å². The van der Waals surface area contributed by atoms with Gasteiger partial charge >= 0.3 is 11.9 Å². The lowest BCUT2D eigenvalue weighted by atomic mass is 9.88. The zero-order valence-corrected chi connectivity index (χ0v) is 13.7. The Labute approximate surface area is 132 Å². The van der Waals surface area contributed by atoms with Crippen molar-refractivity contribution in [2.75, 3.05) is 0 Å². The second kappa shape index (κ2) is 11.0. The van der Waals surface area contributed by atoms with Gasteiger partial charge in [-0.3, -0.25) is 0 Å². The summed E-state index contributed by atoms with van der Waals surface area (Å²) in [6, 6.07) is 0. The van der Waals surface area contributed by atoms with E-state index >= 15 is 0 Å². The van der Waals surface area contributed by atoms with Crippen molar-refractivity contribution in [2.45, 2.75) is 65.4 Å². The number of carbonyl (C=O) groups is 2. The lowest BCUT2D eigenvalue weighted by Crippen LogP contribution is -2.06. The van der Waals surface area contributed by atoms with Crippen LogP contribution >= 0.6 is 0 Å². The summed E-state index contributed by atoms with van der Waals surface area (Å²) in [5.74, 6) is -1.18. The molecular formula is C17H28O5. The van der Waals surface area contributed by atoms with Gasteiger partial charge in [0.15, 0.2) is 0 Å². The van der Waals surface area contributed by atoms with E-state index in [1.165, 1.54) is 45.1 Å². The molecule has 22 heavy (non-hydrogen) atoms. The SMILES string of the molecule is CC(=CC1CCCCC1)C(=O)O.CC(=CCC(C)O)C(=O)O. The Morgan fingerprint density at radius 3 is 1.95 bits per heavy atom. The summed E-state index contributed by atoms with van der Waals surface area (Å²) >= 11 is 0. The van der Waals surface area contributed by atoms with Gasteiger partial charge < -0.3 is 15.3 Å². The number of aliphatic hydroxyl groups excluding tert-OH is 1. The fourth-order valence-electron chi connectivity index (χ4n) is 2.16. The van der Waals surface area contributed by atoms with Gasteiger partial charge in [0, 0.05) is 11.1 Å². The van der Waals surface area contributed by atoms with Crippen molar-refractivity contribution in [3.8, 4) is 0 Å². The smallest absolute Gasteiger partial charge is 0.330 e. The molecule has 5 nitrogen and oxygen atoms in total. The molecule has 1 aliphatic rings. The van der Waals surface area contributed by atoms with Crippen LogP contribution in [0.3, 0.4) is 0 Å². The van der Waals surface area contributed by atoms with Crippen molar-refractivity contribution in [2.24, 2.45) is 5.92 Å². The maximum atomic E-state index is 10.5. The van der Waals surface area contributed by atoms with E-state index in [4.69, 9.17) is 15.3 Å². The molecule has 1 atom stereocenters. The van der Waals surface area contributed by atoms with E-state index in [0.717, 1.165) is 0 Å². The molecule has 0 saturated heterocycles. The van der Waals surface area contributed by atoms with Crippen LogP contribution in [0, 0.1) is 5.92 Å². The number of rotatable bonds is 5. The van der Waals surface area contributed by atoms with E-state index < -0.39 is 18.0 Å². The Hall–Kier alpha value is -1.62. The van der Waals surface area contributed by atoms with Gasteiger partial charge in [-0.15, -0.1) is 0 Å².